The first-order valence-corrected chi connectivity index (χ1v) is 7.66. The Morgan fingerprint density at radius 3 is 2.72 bits per heavy atom. The minimum absolute atomic E-state index is 0.271. The van der Waals surface area contributed by atoms with Gasteiger partial charge in [-0.2, -0.15) is 5.10 Å². The van der Waals surface area contributed by atoms with Crippen LogP contribution in [0.4, 0.5) is 5.69 Å². The molecule has 0 aliphatic carbocycles. The van der Waals surface area contributed by atoms with Crippen LogP contribution in [-0.4, -0.2) is 30.6 Å². The Kier molecular flexibility index (Phi) is 3.80. The third-order valence-corrected chi connectivity index (χ3v) is 3.67. The second-order valence-electron chi connectivity index (χ2n) is 5.36. The molecule has 3 heterocycles. The SMILES string of the molecule is O=C(Nc1ccc(-n2ccnc2)nc1)c1cc(-c2ccccc2)n[nH]1. The molecule has 4 rings (SSSR count). The van der Waals surface area contributed by atoms with Gasteiger partial charge in [0.25, 0.3) is 5.91 Å². The van der Waals surface area contributed by atoms with E-state index in [1.54, 1.807) is 47.7 Å². The van der Waals surface area contributed by atoms with Crippen LogP contribution in [0.5, 0.6) is 0 Å². The Morgan fingerprint density at radius 1 is 1.12 bits per heavy atom. The highest BCUT2D eigenvalue weighted by Gasteiger charge is 2.11. The zero-order valence-electron chi connectivity index (χ0n) is 13.1. The predicted octanol–water partition coefficient (Wildman–Crippen LogP) is 2.91. The molecule has 0 spiro atoms. The lowest BCUT2D eigenvalue weighted by Gasteiger charge is -2.05. The molecule has 0 atom stereocenters. The number of nitrogens with one attached hydrogen (secondary N) is 2. The number of carbonyl (C=O) groups is 1. The Labute approximate surface area is 143 Å². The van der Waals surface area contributed by atoms with E-state index in [9.17, 15) is 4.79 Å². The number of pyridine rings is 1. The fourth-order valence-electron chi connectivity index (χ4n) is 2.40. The van der Waals surface area contributed by atoms with Crippen molar-refractivity contribution < 1.29 is 4.79 Å². The summed E-state index contributed by atoms with van der Waals surface area (Å²) in [6.45, 7) is 0. The van der Waals surface area contributed by atoms with E-state index in [0.717, 1.165) is 17.1 Å². The second kappa shape index (κ2) is 6.40. The van der Waals surface area contributed by atoms with Gasteiger partial charge in [-0.15, -0.1) is 0 Å². The van der Waals surface area contributed by atoms with Crippen LogP contribution in [0.15, 0.2) is 73.4 Å². The summed E-state index contributed by atoms with van der Waals surface area (Å²) in [7, 11) is 0. The first-order chi connectivity index (χ1) is 12.3. The predicted molar refractivity (Wildman–Crippen MR) is 93.3 cm³/mol. The number of benzene rings is 1. The lowest BCUT2D eigenvalue weighted by molar-refractivity contribution is 0.102. The molecule has 7 nitrogen and oxygen atoms in total. The third-order valence-electron chi connectivity index (χ3n) is 3.67. The molecule has 3 aromatic heterocycles. The van der Waals surface area contributed by atoms with E-state index in [2.05, 4.69) is 25.5 Å². The van der Waals surface area contributed by atoms with E-state index in [1.165, 1.54) is 0 Å². The Balaban J connectivity index is 1.48. The van der Waals surface area contributed by atoms with Crippen molar-refractivity contribution in [2.75, 3.05) is 5.32 Å². The van der Waals surface area contributed by atoms with E-state index >= 15 is 0 Å². The van der Waals surface area contributed by atoms with Gasteiger partial charge in [0.05, 0.1) is 17.6 Å². The van der Waals surface area contributed by atoms with E-state index < -0.39 is 0 Å². The van der Waals surface area contributed by atoms with Crippen molar-refractivity contribution in [3.63, 3.8) is 0 Å². The van der Waals surface area contributed by atoms with E-state index in [0.29, 0.717) is 11.4 Å². The summed E-state index contributed by atoms with van der Waals surface area (Å²) in [5, 5.41) is 9.75. The monoisotopic (exact) mass is 330 g/mol. The van der Waals surface area contributed by atoms with E-state index in [1.807, 2.05) is 30.3 Å². The van der Waals surface area contributed by atoms with Crippen molar-refractivity contribution in [2.45, 2.75) is 0 Å². The van der Waals surface area contributed by atoms with E-state index in [-0.39, 0.29) is 5.91 Å². The molecule has 0 fully saturated rings. The molecule has 2 N–H and O–H groups in total. The zero-order chi connectivity index (χ0) is 17.1. The molecule has 0 radical (unpaired) electrons. The number of amides is 1. The molecular weight excluding hydrogens is 316 g/mol. The number of nitrogens with zero attached hydrogens (tertiary/aromatic N) is 4. The van der Waals surface area contributed by atoms with Gasteiger partial charge < -0.3 is 5.32 Å². The van der Waals surface area contributed by atoms with Gasteiger partial charge in [0, 0.05) is 18.0 Å². The minimum Gasteiger partial charge on any atom is -0.319 e. The van der Waals surface area contributed by atoms with Crippen LogP contribution in [0.25, 0.3) is 17.1 Å². The molecular formula is C18H14N6O. The Hall–Kier alpha value is -3.74. The molecule has 0 bridgehead atoms. The number of aromatic nitrogens is 5. The summed E-state index contributed by atoms with van der Waals surface area (Å²) < 4.78 is 1.78. The van der Waals surface area contributed by atoms with Crippen LogP contribution in [0, 0.1) is 0 Å². The fraction of sp³-hybridized carbons (Fsp3) is 0. The second-order valence-corrected chi connectivity index (χ2v) is 5.36. The highest BCUT2D eigenvalue weighted by Crippen LogP contribution is 2.18. The number of imidazole rings is 1. The standard InChI is InChI=1S/C18H14N6O/c25-18(16-10-15(22-23-16)13-4-2-1-3-5-13)21-14-6-7-17(20-11-14)24-9-8-19-12-24/h1-12H,(H,21,25)(H,22,23). The van der Waals surface area contributed by atoms with Crippen LogP contribution in [0.3, 0.4) is 0 Å². The molecule has 1 aromatic carbocycles. The molecule has 0 aliphatic rings. The minimum atomic E-state index is -0.271. The van der Waals surface area contributed by atoms with Gasteiger partial charge in [0.1, 0.15) is 17.8 Å². The van der Waals surface area contributed by atoms with Gasteiger partial charge in [-0.3, -0.25) is 14.5 Å². The van der Waals surface area contributed by atoms with Crippen LogP contribution in [-0.2, 0) is 0 Å². The number of hydrogen-bond acceptors (Lipinski definition) is 4. The molecule has 0 saturated carbocycles. The number of aromatic amines is 1. The normalized spacial score (nSPS) is 10.6. The molecule has 122 valence electrons. The summed E-state index contributed by atoms with van der Waals surface area (Å²) >= 11 is 0. The molecule has 0 aliphatic heterocycles. The van der Waals surface area contributed by atoms with Crippen LogP contribution >= 0.6 is 0 Å². The van der Waals surface area contributed by atoms with Gasteiger partial charge in [-0.05, 0) is 18.2 Å². The number of anilines is 1. The average molecular weight is 330 g/mol. The Bertz CT molecular complexity index is 974. The average Bonchev–Trinajstić information content (AvgIpc) is 3.35. The summed E-state index contributed by atoms with van der Waals surface area (Å²) in [6.07, 6.45) is 6.74. The van der Waals surface area contributed by atoms with Crippen molar-refractivity contribution in [3.8, 4) is 17.1 Å². The summed E-state index contributed by atoms with van der Waals surface area (Å²) in [5.41, 5.74) is 2.66. The first kappa shape index (κ1) is 14.8. The summed E-state index contributed by atoms with van der Waals surface area (Å²) in [6, 6.07) is 15.0. The number of carbonyl (C=O) groups excluding carboxylic acids is 1. The highest BCUT2D eigenvalue weighted by molar-refractivity contribution is 6.03. The van der Waals surface area contributed by atoms with Crippen molar-refractivity contribution in [3.05, 3.63) is 79.1 Å². The van der Waals surface area contributed by atoms with E-state index in [4.69, 9.17) is 0 Å². The van der Waals surface area contributed by atoms with Gasteiger partial charge in [0.15, 0.2) is 0 Å². The fourth-order valence-corrected chi connectivity index (χ4v) is 2.40. The van der Waals surface area contributed by atoms with Gasteiger partial charge in [-0.25, -0.2) is 9.97 Å². The molecule has 7 heteroatoms. The first-order valence-electron chi connectivity index (χ1n) is 7.66. The van der Waals surface area contributed by atoms with Crippen molar-refractivity contribution in [1.29, 1.82) is 0 Å². The smallest absolute Gasteiger partial charge is 0.273 e. The lowest BCUT2D eigenvalue weighted by Crippen LogP contribution is -2.12. The number of hydrogen-bond donors (Lipinski definition) is 2. The molecule has 0 unspecified atom stereocenters. The maximum Gasteiger partial charge on any atom is 0.273 e. The van der Waals surface area contributed by atoms with Gasteiger partial charge in [-0.1, -0.05) is 30.3 Å². The van der Waals surface area contributed by atoms with Crippen LogP contribution < -0.4 is 5.32 Å². The van der Waals surface area contributed by atoms with Crippen molar-refractivity contribution in [2.24, 2.45) is 0 Å². The lowest BCUT2D eigenvalue weighted by atomic mass is 10.1. The molecule has 0 saturated heterocycles. The van der Waals surface area contributed by atoms with Crippen molar-refractivity contribution in [1.82, 2.24) is 24.7 Å². The van der Waals surface area contributed by atoms with Gasteiger partial charge in [0.2, 0.25) is 0 Å². The van der Waals surface area contributed by atoms with Crippen molar-refractivity contribution >= 4 is 11.6 Å². The largest absolute Gasteiger partial charge is 0.319 e. The molecule has 4 aromatic rings. The van der Waals surface area contributed by atoms with Crippen LogP contribution in [0.1, 0.15) is 10.5 Å². The molecule has 1 amide bonds. The quantitative estimate of drug-likeness (QED) is 0.602. The number of H-pyrrole nitrogens is 1. The summed E-state index contributed by atoms with van der Waals surface area (Å²) in [5.74, 6) is 0.454. The zero-order valence-corrected chi connectivity index (χ0v) is 13.1. The Morgan fingerprint density at radius 2 is 2.00 bits per heavy atom. The van der Waals surface area contributed by atoms with Crippen LogP contribution in [0.2, 0.25) is 0 Å². The third kappa shape index (κ3) is 3.16. The summed E-state index contributed by atoms with van der Waals surface area (Å²) in [4.78, 5) is 20.6. The molecule has 25 heavy (non-hydrogen) atoms. The van der Waals surface area contributed by atoms with Gasteiger partial charge >= 0.3 is 0 Å². The highest BCUT2D eigenvalue weighted by atomic mass is 16.1. The maximum atomic E-state index is 12.3. The number of rotatable bonds is 4. The maximum absolute atomic E-state index is 12.3. The topological polar surface area (TPSA) is 88.5 Å².